The molecule has 0 spiro atoms. The van der Waals surface area contributed by atoms with E-state index < -0.39 is 0 Å². The van der Waals surface area contributed by atoms with Gasteiger partial charge in [0.25, 0.3) is 0 Å². The van der Waals surface area contributed by atoms with E-state index >= 15 is 0 Å². The highest BCUT2D eigenvalue weighted by Gasteiger charge is 2.22. The first-order valence-corrected chi connectivity index (χ1v) is 7.19. The molecule has 0 unspecified atom stereocenters. The van der Waals surface area contributed by atoms with Crippen LogP contribution in [0.1, 0.15) is 18.9 Å². The van der Waals surface area contributed by atoms with Gasteiger partial charge in [-0.05, 0) is 33.0 Å². The van der Waals surface area contributed by atoms with Crippen molar-refractivity contribution in [2.45, 2.75) is 18.9 Å². The van der Waals surface area contributed by atoms with E-state index in [1.807, 2.05) is 16.7 Å². The zero-order chi connectivity index (χ0) is 15.0. The molecule has 2 heterocycles. The summed E-state index contributed by atoms with van der Waals surface area (Å²) in [6, 6.07) is 3.94. The van der Waals surface area contributed by atoms with E-state index in [0.717, 1.165) is 37.0 Å². The van der Waals surface area contributed by atoms with Crippen LogP contribution in [0.3, 0.4) is 0 Å². The van der Waals surface area contributed by atoms with Gasteiger partial charge in [-0.15, -0.1) is 0 Å². The molecule has 0 saturated carbocycles. The van der Waals surface area contributed by atoms with Gasteiger partial charge in [-0.25, -0.2) is 4.79 Å². The Morgan fingerprint density at radius 2 is 1.76 bits per heavy atom. The smallest absolute Gasteiger partial charge is 0.326 e. The monoisotopic (exact) mass is 291 g/mol. The van der Waals surface area contributed by atoms with E-state index in [2.05, 4.69) is 16.9 Å². The van der Waals surface area contributed by atoms with Crippen LogP contribution >= 0.6 is 0 Å². The maximum Gasteiger partial charge on any atom is 0.326 e. The predicted octanol–water partition coefficient (Wildman–Crippen LogP) is 1.61. The fourth-order valence-corrected chi connectivity index (χ4v) is 3.07. The molecule has 1 aliphatic rings. The number of fused-ring (bicyclic) bond motifs is 1. The molecule has 0 radical (unpaired) electrons. The number of benzene rings is 1. The zero-order valence-electron chi connectivity index (χ0n) is 12.7. The molecule has 0 atom stereocenters. The number of piperidine rings is 1. The molecule has 0 bridgehead atoms. The molecule has 21 heavy (non-hydrogen) atoms. The summed E-state index contributed by atoms with van der Waals surface area (Å²) in [4.78, 5) is 17.5. The minimum Gasteiger partial charge on any atom is -0.493 e. The lowest BCUT2D eigenvalue weighted by atomic mass is 10.1. The van der Waals surface area contributed by atoms with Gasteiger partial charge in [0.2, 0.25) is 0 Å². The number of likely N-dealkylation sites (tertiary alicyclic amines) is 1. The van der Waals surface area contributed by atoms with Gasteiger partial charge in [-0.3, -0.25) is 4.57 Å². The Kier molecular flexibility index (Phi) is 3.63. The Bertz CT molecular complexity index is 696. The first-order chi connectivity index (χ1) is 10.1. The number of aromatic amines is 1. The molecule has 1 saturated heterocycles. The highest BCUT2D eigenvalue weighted by Crippen LogP contribution is 2.33. The second-order valence-corrected chi connectivity index (χ2v) is 5.56. The van der Waals surface area contributed by atoms with Gasteiger partial charge >= 0.3 is 5.69 Å². The molecule has 1 aromatic carbocycles. The first kappa shape index (κ1) is 14.0. The Hall–Kier alpha value is -1.95. The Balaban J connectivity index is 2.10. The van der Waals surface area contributed by atoms with Gasteiger partial charge in [0.05, 0.1) is 25.3 Å². The van der Waals surface area contributed by atoms with Crippen LogP contribution in [0, 0.1) is 0 Å². The summed E-state index contributed by atoms with van der Waals surface area (Å²) in [6.45, 7) is 2.02. The molecule has 3 rings (SSSR count). The Morgan fingerprint density at radius 3 is 2.38 bits per heavy atom. The molecule has 1 aliphatic heterocycles. The van der Waals surface area contributed by atoms with Crippen LogP contribution in [0.25, 0.3) is 11.0 Å². The van der Waals surface area contributed by atoms with Crippen molar-refractivity contribution in [3.63, 3.8) is 0 Å². The van der Waals surface area contributed by atoms with E-state index in [-0.39, 0.29) is 11.7 Å². The number of hydrogen-bond donors (Lipinski definition) is 1. The van der Waals surface area contributed by atoms with Crippen molar-refractivity contribution in [2.75, 3.05) is 34.4 Å². The lowest BCUT2D eigenvalue weighted by Gasteiger charge is -2.29. The van der Waals surface area contributed by atoms with Crippen molar-refractivity contribution in [2.24, 2.45) is 0 Å². The number of ether oxygens (including phenoxy) is 2. The van der Waals surface area contributed by atoms with Gasteiger partial charge in [-0.2, -0.15) is 0 Å². The molecule has 1 N–H and O–H groups in total. The summed E-state index contributed by atoms with van der Waals surface area (Å²) in [5, 5.41) is 0. The number of H-pyrrole nitrogens is 1. The zero-order valence-corrected chi connectivity index (χ0v) is 12.7. The average Bonchev–Trinajstić information content (AvgIpc) is 2.81. The van der Waals surface area contributed by atoms with Crippen molar-refractivity contribution in [1.82, 2.24) is 14.5 Å². The third-order valence-corrected chi connectivity index (χ3v) is 4.28. The predicted molar refractivity (Wildman–Crippen MR) is 81.4 cm³/mol. The number of hydrogen-bond acceptors (Lipinski definition) is 4. The highest BCUT2D eigenvalue weighted by molar-refractivity contribution is 5.80. The summed E-state index contributed by atoms with van der Waals surface area (Å²) < 4.78 is 12.5. The van der Waals surface area contributed by atoms with Crippen LogP contribution in [0.15, 0.2) is 16.9 Å². The minimum atomic E-state index is -0.0603. The number of rotatable bonds is 3. The van der Waals surface area contributed by atoms with Gasteiger partial charge in [0, 0.05) is 18.2 Å². The summed E-state index contributed by atoms with van der Waals surface area (Å²) in [5.74, 6) is 1.27. The van der Waals surface area contributed by atoms with E-state index in [4.69, 9.17) is 9.47 Å². The van der Waals surface area contributed by atoms with Crippen molar-refractivity contribution in [1.29, 1.82) is 0 Å². The summed E-state index contributed by atoms with van der Waals surface area (Å²) in [7, 11) is 5.31. The SMILES string of the molecule is COc1cc2[nH]c(=O)n(C3CCN(C)CC3)c2cc1OC. The number of imidazole rings is 1. The second kappa shape index (κ2) is 5.44. The summed E-state index contributed by atoms with van der Waals surface area (Å²) >= 11 is 0. The van der Waals surface area contributed by atoms with Crippen molar-refractivity contribution in [3.8, 4) is 11.5 Å². The number of aromatic nitrogens is 2. The average molecular weight is 291 g/mol. The fraction of sp³-hybridized carbons (Fsp3) is 0.533. The van der Waals surface area contributed by atoms with E-state index in [0.29, 0.717) is 11.5 Å². The fourth-order valence-electron chi connectivity index (χ4n) is 3.07. The normalized spacial score (nSPS) is 17.3. The minimum absolute atomic E-state index is 0.0603. The van der Waals surface area contributed by atoms with Crippen LogP contribution in [0.4, 0.5) is 0 Å². The Labute approximate surface area is 123 Å². The van der Waals surface area contributed by atoms with Crippen molar-refractivity contribution >= 4 is 11.0 Å². The number of methoxy groups -OCH3 is 2. The van der Waals surface area contributed by atoms with Gasteiger partial charge in [0.15, 0.2) is 11.5 Å². The van der Waals surface area contributed by atoms with Gasteiger partial charge < -0.3 is 19.4 Å². The molecule has 1 fully saturated rings. The van der Waals surface area contributed by atoms with E-state index in [1.165, 1.54) is 0 Å². The standard InChI is InChI=1S/C15H21N3O3/c1-17-6-4-10(5-7-17)18-12-9-14(21-3)13(20-2)8-11(12)16-15(18)19/h8-10H,4-7H2,1-3H3,(H,16,19). The number of nitrogens with one attached hydrogen (secondary N) is 1. The quantitative estimate of drug-likeness (QED) is 0.933. The summed E-state index contributed by atoms with van der Waals surface area (Å²) in [6.07, 6.45) is 1.97. The van der Waals surface area contributed by atoms with Crippen LogP contribution < -0.4 is 15.2 Å². The highest BCUT2D eigenvalue weighted by atomic mass is 16.5. The molecule has 6 heteroatoms. The van der Waals surface area contributed by atoms with Crippen LogP contribution in [-0.4, -0.2) is 48.8 Å². The van der Waals surface area contributed by atoms with Crippen LogP contribution in [0.5, 0.6) is 11.5 Å². The lowest BCUT2D eigenvalue weighted by molar-refractivity contribution is 0.221. The molecule has 2 aromatic rings. The van der Waals surface area contributed by atoms with Crippen molar-refractivity contribution in [3.05, 3.63) is 22.6 Å². The second-order valence-electron chi connectivity index (χ2n) is 5.56. The van der Waals surface area contributed by atoms with Gasteiger partial charge in [0.1, 0.15) is 0 Å². The van der Waals surface area contributed by atoms with E-state index in [9.17, 15) is 4.79 Å². The van der Waals surface area contributed by atoms with Crippen LogP contribution in [-0.2, 0) is 0 Å². The maximum absolute atomic E-state index is 12.3. The third-order valence-electron chi connectivity index (χ3n) is 4.28. The molecule has 1 aromatic heterocycles. The molecule has 0 aliphatic carbocycles. The largest absolute Gasteiger partial charge is 0.493 e. The number of nitrogens with zero attached hydrogens (tertiary/aromatic N) is 2. The maximum atomic E-state index is 12.3. The topological polar surface area (TPSA) is 59.5 Å². The molecular formula is C15H21N3O3. The summed E-state index contributed by atoms with van der Waals surface area (Å²) in [5.41, 5.74) is 1.61. The molecule has 6 nitrogen and oxygen atoms in total. The van der Waals surface area contributed by atoms with Crippen molar-refractivity contribution < 1.29 is 9.47 Å². The van der Waals surface area contributed by atoms with Crippen LogP contribution in [0.2, 0.25) is 0 Å². The van der Waals surface area contributed by atoms with E-state index in [1.54, 1.807) is 14.2 Å². The Morgan fingerprint density at radius 1 is 1.14 bits per heavy atom. The molecular weight excluding hydrogens is 270 g/mol. The van der Waals surface area contributed by atoms with Gasteiger partial charge in [-0.1, -0.05) is 0 Å². The lowest BCUT2D eigenvalue weighted by Crippen LogP contribution is -2.34. The molecule has 114 valence electrons. The first-order valence-electron chi connectivity index (χ1n) is 7.19. The third kappa shape index (κ3) is 2.40. The molecule has 0 amide bonds.